The second-order valence-corrected chi connectivity index (χ2v) is 6.27. The first-order chi connectivity index (χ1) is 9.71. The summed E-state index contributed by atoms with van der Waals surface area (Å²) in [5.74, 6) is 0.891. The minimum Gasteiger partial charge on any atom is -0.497 e. The van der Waals surface area contributed by atoms with E-state index in [1.807, 2.05) is 6.07 Å². The smallest absolute Gasteiger partial charge is 0.119 e. The molecule has 0 aromatic heterocycles. The maximum Gasteiger partial charge on any atom is 0.119 e. The van der Waals surface area contributed by atoms with Crippen LogP contribution in [0.1, 0.15) is 43.2 Å². The highest BCUT2D eigenvalue weighted by atomic mass is 16.5. The summed E-state index contributed by atoms with van der Waals surface area (Å²) in [6.45, 7) is 1.04. The summed E-state index contributed by atoms with van der Waals surface area (Å²) in [6, 6.07) is 6.50. The molecule has 1 aromatic rings. The van der Waals surface area contributed by atoms with Crippen LogP contribution in [-0.2, 0) is 12.8 Å². The van der Waals surface area contributed by atoms with Gasteiger partial charge in [-0.1, -0.05) is 18.9 Å². The molecule has 2 aliphatic rings. The Kier molecular flexibility index (Phi) is 3.99. The lowest BCUT2D eigenvalue weighted by Crippen LogP contribution is -2.53. The van der Waals surface area contributed by atoms with E-state index in [1.54, 1.807) is 7.11 Å². The van der Waals surface area contributed by atoms with Crippen LogP contribution in [-0.4, -0.2) is 30.4 Å². The fourth-order valence-corrected chi connectivity index (χ4v) is 3.69. The molecule has 0 spiro atoms. The van der Waals surface area contributed by atoms with Crippen molar-refractivity contribution >= 4 is 0 Å². The predicted molar refractivity (Wildman–Crippen MR) is 80.2 cm³/mol. The number of rotatable bonds is 2. The first kappa shape index (κ1) is 13.9. The molecule has 1 aliphatic heterocycles. The third-order valence-electron chi connectivity index (χ3n) is 4.95. The highest BCUT2D eigenvalue weighted by Gasteiger charge is 2.39. The minimum atomic E-state index is -0.594. The van der Waals surface area contributed by atoms with E-state index < -0.39 is 5.60 Å². The highest BCUT2D eigenvalue weighted by Crippen LogP contribution is 2.35. The van der Waals surface area contributed by atoms with Crippen molar-refractivity contribution < 1.29 is 9.84 Å². The molecular formula is C17H25NO2. The lowest BCUT2D eigenvalue weighted by molar-refractivity contribution is -0.0123. The lowest BCUT2D eigenvalue weighted by Gasteiger charge is -2.40. The van der Waals surface area contributed by atoms with Gasteiger partial charge in [-0.3, -0.25) is 0 Å². The fraction of sp³-hybridized carbons (Fsp3) is 0.647. The van der Waals surface area contributed by atoms with Crippen molar-refractivity contribution in [2.75, 3.05) is 13.7 Å². The molecule has 20 heavy (non-hydrogen) atoms. The van der Waals surface area contributed by atoms with Gasteiger partial charge in [0.25, 0.3) is 0 Å². The monoisotopic (exact) mass is 275 g/mol. The van der Waals surface area contributed by atoms with Crippen LogP contribution in [0.15, 0.2) is 18.2 Å². The topological polar surface area (TPSA) is 41.5 Å². The van der Waals surface area contributed by atoms with Crippen molar-refractivity contribution in [2.45, 2.75) is 56.6 Å². The van der Waals surface area contributed by atoms with Gasteiger partial charge >= 0.3 is 0 Å². The molecule has 2 atom stereocenters. The molecule has 2 unspecified atom stereocenters. The van der Waals surface area contributed by atoms with E-state index in [9.17, 15) is 5.11 Å². The molecule has 1 aliphatic carbocycles. The Balaban J connectivity index is 1.81. The van der Waals surface area contributed by atoms with Gasteiger partial charge in [0.2, 0.25) is 0 Å². The number of methoxy groups -OCH3 is 1. The van der Waals surface area contributed by atoms with Crippen LogP contribution < -0.4 is 10.1 Å². The summed E-state index contributed by atoms with van der Waals surface area (Å²) in [6.07, 6.45) is 7.41. The maximum atomic E-state index is 11.1. The second kappa shape index (κ2) is 5.74. The lowest BCUT2D eigenvalue weighted by atomic mass is 9.75. The van der Waals surface area contributed by atoms with Crippen LogP contribution in [0.2, 0.25) is 0 Å². The normalized spacial score (nSPS) is 30.4. The Morgan fingerprint density at radius 2 is 2.15 bits per heavy atom. The van der Waals surface area contributed by atoms with Crippen molar-refractivity contribution in [3.8, 4) is 5.75 Å². The number of hydrogen-bond acceptors (Lipinski definition) is 3. The van der Waals surface area contributed by atoms with Gasteiger partial charge < -0.3 is 15.2 Å². The zero-order valence-corrected chi connectivity index (χ0v) is 12.3. The number of aliphatic hydroxyl groups is 1. The number of hydrogen-bond donors (Lipinski definition) is 2. The second-order valence-electron chi connectivity index (χ2n) is 6.27. The highest BCUT2D eigenvalue weighted by molar-refractivity contribution is 5.39. The van der Waals surface area contributed by atoms with Gasteiger partial charge in [-0.2, -0.15) is 0 Å². The first-order valence-electron chi connectivity index (χ1n) is 7.83. The molecule has 3 rings (SSSR count). The molecular weight excluding hydrogens is 250 g/mol. The van der Waals surface area contributed by atoms with Crippen molar-refractivity contribution in [1.29, 1.82) is 0 Å². The predicted octanol–water partition coefficient (Wildman–Crippen LogP) is 2.45. The largest absolute Gasteiger partial charge is 0.497 e. The zero-order valence-electron chi connectivity index (χ0n) is 12.3. The van der Waals surface area contributed by atoms with Crippen molar-refractivity contribution in [1.82, 2.24) is 5.32 Å². The van der Waals surface area contributed by atoms with Crippen LogP contribution in [0, 0.1) is 0 Å². The van der Waals surface area contributed by atoms with Gasteiger partial charge in [-0.25, -0.2) is 0 Å². The van der Waals surface area contributed by atoms with Gasteiger partial charge in [-0.15, -0.1) is 0 Å². The quantitative estimate of drug-likeness (QED) is 0.871. The number of fused-ring (bicyclic) bond motifs is 1. The third kappa shape index (κ3) is 2.70. The molecule has 0 amide bonds. The summed E-state index contributed by atoms with van der Waals surface area (Å²) < 4.78 is 5.32. The number of nitrogens with one attached hydrogen (secondary N) is 1. The van der Waals surface area contributed by atoms with Gasteiger partial charge in [0.05, 0.1) is 12.7 Å². The Labute approximate surface area is 121 Å². The van der Waals surface area contributed by atoms with E-state index in [1.165, 1.54) is 30.4 Å². The summed E-state index contributed by atoms with van der Waals surface area (Å²) >= 11 is 0. The van der Waals surface area contributed by atoms with Gasteiger partial charge in [-0.05, 0) is 55.5 Å². The van der Waals surface area contributed by atoms with Crippen LogP contribution in [0.3, 0.4) is 0 Å². The fourth-order valence-electron chi connectivity index (χ4n) is 3.69. The molecule has 3 heteroatoms. The van der Waals surface area contributed by atoms with Crippen molar-refractivity contribution in [3.05, 3.63) is 29.3 Å². The minimum absolute atomic E-state index is 0.240. The van der Waals surface area contributed by atoms with Crippen LogP contribution >= 0.6 is 0 Å². The molecule has 1 fully saturated rings. The Bertz CT molecular complexity index is 466. The van der Waals surface area contributed by atoms with Crippen LogP contribution in [0.25, 0.3) is 0 Å². The average Bonchev–Trinajstić information content (AvgIpc) is 2.76. The number of aryl methyl sites for hydroxylation is 1. The third-order valence-corrected chi connectivity index (χ3v) is 4.95. The van der Waals surface area contributed by atoms with E-state index in [4.69, 9.17) is 4.74 Å². The summed E-state index contributed by atoms with van der Waals surface area (Å²) in [5, 5.41) is 14.7. The molecule has 2 N–H and O–H groups in total. The van der Waals surface area contributed by atoms with Gasteiger partial charge in [0.1, 0.15) is 5.75 Å². The zero-order chi connectivity index (χ0) is 14.0. The van der Waals surface area contributed by atoms with E-state index >= 15 is 0 Å². The van der Waals surface area contributed by atoms with Crippen LogP contribution in [0.4, 0.5) is 0 Å². The van der Waals surface area contributed by atoms with E-state index in [-0.39, 0.29) is 6.04 Å². The molecule has 0 saturated carbocycles. The van der Waals surface area contributed by atoms with E-state index in [2.05, 4.69) is 17.4 Å². The summed E-state index contributed by atoms with van der Waals surface area (Å²) in [4.78, 5) is 0. The Hall–Kier alpha value is -1.06. The SMILES string of the molecule is COc1ccc2c(c1)CC(O)(C1CCCCCN1)CC2. The standard InChI is InChI=1S/C17H25NO2/c1-20-15-7-6-13-8-9-17(19,12-14(13)11-15)16-5-3-2-4-10-18-16/h6-7,11,16,18-19H,2-5,8-10,12H2,1H3. The van der Waals surface area contributed by atoms with Gasteiger partial charge in [0.15, 0.2) is 0 Å². The average molecular weight is 275 g/mol. The molecule has 0 bridgehead atoms. The summed E-state index contributed by atoms with van der Waals surface area (Å²) in [7, 11) is 1.70. The maximum absolute atomic E-state index is 11.1. The van der Waals surface area contributed by atoms with Gasteiger partial charge in [0, 0.05) is 12.5 Å². The molecule has 1 heterocycles. The molecule has 1 aromatic carbocycles. The number of ether oxygens (including phenoxy) is 1. The first-order valence-corrected chi connectivity index (χ1v) is 7.83. The Morgan fingerprint density at radius 3 is 3.00 bits per heavy atom. The molecule has 3 nitrogen and oxygen atoms in total. The van der Waals surface area contributed by atoms with E-state index in [0.717, 1.165) is 38.0 Å². The molecule has 0 radical (unpaired) electrons. The number of benzene rings is 1. The van der Waals surface area contributed by atoms with Crippen molar-refractivity contribution in [2.24, 2.45) is 0 Å². The van der Waals surface area contributed by atoms with Crippen LogP contribution in [0.5, 0.6) is 5.75 Å². The summed E-state index contributed by atoms with van der Waals surface area (Å²) in [5.41, 5.74) is 2.03. The molecule has 1 saturated heterocycles. The van der Waals surface area contributed by atoms with Crippen molar-refractivity contribution in [3.63, 3.8) is 0 Å². The van der Waals surface area contributed by atoms with E-state index in [0.29, 0.717) is 0 Å². The molecule has 110 valence electrons. The Morgan fingerprint density at radius 1 is 1.25 bits per heavy atom.